The predicted molar refractivity (Wildman–Crippen MR) is 97.0 cm³/mol. The van der Waals surface area contributed by atoms with Gasteiger partial charge in [-0.15, -0.1) is 0 Å². The van der Waals surface area contributed by atoms with Gasteiger partial charge < -0.3 is 5.32 Å². The molecule has 9 heteroatoms. The van der Waals surface area contributed by atoms with Crippen molar-refractivity contribution >= 4 is 27.3 Å². The summed E-state index contributed by atoms with van der Waals surface area (Å²) in [7, 11) is -3.78. The first-order chi connectivity index (χ1) is 12.2. The number of carbonyl (C=O) groups excluding carboxylic acids is 1. The van der Waals surface area contributed by atoms with Crippen molar-refractivity contribution in [3.05, 3.63) is 64.2 Å². The molecule has 0 aliphatic carbocycles. The summed E-state index contributed by atoms with van der Waals surface area (Å²) >= 11 is 0. The van der Waals surface area contributed by atoms with Gasteiger partial charge in [-0.25, -0.2) is 13.1 Å². The van der Waals surface area contributed by atoms with Crippen LogP contribution in [0.4, 0.5) is 11.4 Å². The van der Waals surface area contributed by atoms with E-state index in [1.165, 1.54) is 12.1 Å². The molecule has 26 heavy (non-hydrogen) atoms. The van der Waals surface area contributed by atoms with E-state index in [0.29, 0.717) is 11.3 Å². The maximum Gasteiger partial charge on any atom is 0.269 e. The fourth-order valence-electron chi connectivity index (χ4n) is 2.00. The van der Waals surface area contributed by atoms with Crippen LogP contribution < -0.4 is 10.0 Å². The number of nitro groups is 1. The van der Waals surface area contributed by atoms with Crippen LogP contribution in [-0.2, 0) is 21.4 Å². The third kappa shape index (κ3) is 5.11. The van der Waals surface area contributed by atoms with Crippen LogP contribution in [0, 0.1) is 16.0 Å². The largest absolute Gasteiger partial charge is 0.326 e. The maximum atomic E-state index is 12.2. The van der Waals surface area contributed by atoms with Gasteiger partial charge in [-0.2, -0.15) is 0 Å². The van der Waals surface area contributed by atoms with Crippen molar-refractivity contribution in [3.63, 3.8) is 0 Å². The lowest BCUT2D eigenvalue weighted by Crippen LogP contribution is -2.23. The second kappa shape index (κ2) is 8.07. The number of rotatable bonds is 7. The van der Waals surface area contributed by atoms with Crippen LogP contribution >= 0.6 is 0 Å². The summed E-state index contributed by atoms with van der Waals surface area (Å²) in [6, 6.07) is 11.4. The number of amides is 1. The number of nitrogens with one attached hydrogen (secondary N) is 2. The van der Waals surface area contributed by atoms with E-state index in [9.17, 15) is 23.3 Å². The quantitative estimate of drug-likeness (QED) is 0.568. The summed E-state index contributed by atoms with van der Waals surface area (Å²) in [5.41, 5.74) is 1.16. The zero-order chi connectivity index (χ0) is 19.3. The average molecular weight is 377 g/mol. The Morgan fingerprint density at radius 2 is 1.65 bits per heavy atom. The number of hydrogen-bond acceptors (Lipinski definition) is 5. The Morgan fingerprint density at radius 1 is 1.08 bits per heavy atom. The van der Waals surface area contributed by atoms with Crippen LogP contribution in [-0.4, -0.2) is 19.2 Å². The zero-order valence-corrected chi connectivity index (χ0v) is 15.1. The first-order valence-corrected chi connectivity index (χ1v) is 9.31. The summed E-state index contributed by atoms with van der Waals surface area (Å²) in [6.07, 6.45) is 0. The van der Waals surface area contributed by atoms with Crippen LogP contribution in [0.2, 0.25) is 0 Å². The molecule has 0 aliphatic heterocycles. The molecule has 2 aromatic rings. The molecule has 138 valence electrons. The molecule has 2 N–H and O–H groups in total. The molecule has 0 unspecified atom stereocenters. The van der Waals surface area contributed by atoms with Gasteiger partial charge in [0.2, 0.25) is 15.9 Å². The molecule has 0 saturated heterocycles. The van der Waals surface area contributed by atoms with Crippen molar-refractivity contribution in [2.45, 2.75) is 25.3 Å². The molecule has 0 spiro atoms. The standard InChI is InChI=1S/C17H19N3O5S/c1-12(2)17(21)19-14-5-3-13(4-6-14)11-18-26(24,25)16-9-7-15(8-10-16)20(22)23/h3-10,12,18H,11H2,1-2H3,(H,19,21). The van der Waals surface area contributed by atoms with Gasteiger partial charge in [0.15, 0.2) is 0 Å². The summed E-state index contributed by atoms with van der Waals surface area (Å²) < 4.78 is 26.9. The zero-order valence-electron chi connectivity index (χ0n) is 14.3. The fourth-order valence-corrected chi connectivity index (χ4v) is 3.02. The van der Waals surface area contributed by atoms with E-state index in [1.54, 1.807) is 38.1 Å². The minimum absolute atomic E-state index is 0.0519. The van der Waals surface area contributed by atoms with Crippen molar-refractivity contribution < 1.29 is 18.1 Å². The first kappa shape index (κ1) is 19.5. The highest BCUT2D eigenvalue weighted by Gasteiger charge is 2.15. The van der Waals surface area contributed by atoms with Gasteiger partial charge >= 0.3 is 0 Å². The molecular weight excluding hydrogens is 358 g/mol. The van der Waals surface area contributed by atoms with Crippen LogP contribution in [0.25, 0.3) is 0 Å². The van der Waals surface area contributed by atoms with Gasteiger partial charge in [-0.05, 0) is 29.8 Å². The number of sulfonamides is 1. The minimum Gasteiger partial charge on any atom is -0.326 e. The topological polar surface area (TPSA) is 118 Å². The Morgan fingerprint density at radius 3 is 2.15 bits per heavy atom. The summed E-state index contributed by atoms with van der Waals surface area (Å²) in [5.74, 6) is -0.236. The molecule has 8 nitrogen and oxygen atoms in total. The Hall–Kier alpha value is -2.78. The van der Waals surface area contributed by atoms with Gasteiger partial charge in [0.1, 0.15) is 0 Å². The van der Waals surface area contributed by atoms with Crippen molar-refractivity contribution in [1.29, 1.82) is 0 Å². The molecular formula is C17H19N3O5S. The molecule has 1 amide bonds. The maximum absolute atomic E-state index is 12.2. The van der Waals surface area contributed by atoms with Crippen LogP contribution in [0.1, 0.15) is 19.4 Å². The predicted octanol–water partition coefficient (Wildman–Crippen LogP) is 2.67. The molecule has 0 bridgehead atoms. The van der Waals surface area contributed by atoms with Gasteiger partial charge in [0.25, 0.3) is 5.69 Å². The Balaban J connectivity index is 2.00. The smallest absolute Gasteiger partial charge is 0.269 e. The van der Waals surface area contributed by atoms with Gasteiger partial charge in [-0.3, -0.25) is 14.9 Å². The van der Waals surface area contributed by atoms with E-state index in [4.69, 9.17) is 0 Å². The van der Waals surface area contributed by atoms with Crippen LogP contribution in [0.15, 0.2) is 53.4 Å². The van der Waals surface area contributed by atoms with Gasteiger partial charge in [0, 0.05) is 30.3 Å². The third-order valence-corrected chi connectivity index (χ3v) is 4.99. The van der Waals surface area contributed by atoms with E-state index in [2.05, 4.69) is 10.0 Å². The van der Waals surface area contributed by atoms with Crippen LogP contribution in [0.3, 0.4) is 0 Å². The van der Waals surface area contributed by atoms with Crippen LogP contribution in [0.5, 0.6) is 0 Å². The molecule has 2 rings (SSSR count). The summed E-state index contributed by atoms with van der Waals surface area (Å²) in [5, 5.41) is 13.4. The number of hydrogen-bond donors (Lipinski definition) is 2. The molecule has 0 aromatic heterocycles. The van der Waals surface area contributed by atoms with E-state index < -0.39 is 14.9 Å². The second-order valence-corrected chi connectivity index (χ2v) is 7.68. The molecule has 0 saturated carbocycles. The Labute approximate surface area is 151 Å². The van der Waals surface area contributed by atoms with E-state index in [1.807, 2.05) is 0 Å². The monoisotopic (exact) mass is 377 g/mol. The lowest BCUT2D eigenvalue weighted by molar-refractivity contribution is -0.384. The lowest BCUT2D eigenvalue weighted by atomic mass is 10.2. The summed E-state index contributed by atoms with van der Waals surface area (Å²) in [6.45, 7) is 3.63. The van der Waals surface area contributed by atoms with E-state index >= 15 is 0 Å². The van der Waals surface area contributed by atoms with E-state index in [-0.39, 0.29) is 29.0 Å². The van der Waals surface area contributed by atoms with E-state index in [0.717, 1.165) is 12.1 Å². The number of benzene rings is 2. The third-order valence-electron chi connectivity index (χ3n) is 3.57. The highest BCUT2D eigenvalue weighted by molar-refractivity contribution is 7.89. The average Bonchev–Trinajstić information content (AvgIpc) is 2.61. The number of carbonyl (C=O) groups is 1. The highest BCUT2D eigenvalue weighted by Crippen LogP contribution is 2.16. The first-order valence-electron chi connectivity index (χ1n) is 7.83. The van der Waals surface area contributed by atoms with Crippen molar-refractivity contribution in [2.24, 2.45) is 5.92 Å². The Kier molecular flexibility index (Phi) is 6.06. The normalized spacial score (nSPS) is 11.3. The van der Waals surface area contributed by atoms with Gasteiger partial charge in [0.05, 0.1) is 9.82 Å². The fraction of sp³-hybridized carbons (Fsp3) is 0.235. The van der Waals surface area contributed by atoms with Gasteiger partial charge in [-0.1, -0.05) is 26.0 Å². The number of non-ortho nitro benzene ring substituents is 1. The van der Waals surface area contributed by atoms with Crippen molar-refractivity contribution in [2.75, 3.05) is 5.32 Å². The lowest BCUT2D eigenvalue weighted by Gasteiger charge is -2.09. The Bertz CT molecular complexity index is 891. The molecule has 0 heterocycles. The molecule has 2 aromatic carbocycles. The minimum atomic E-state index is -3.78. The van der Waals surface area contributed by atoms with Crippen molar-refractivity contribution in [3.8, 4) is 0 Å². The SMILES string of the molecule is CC(C)C(=O)Nc1ccc(CNS(=O)(=O)c2ccc([N+](=O)[O-])cc2)cc1. The van der Waals surface area contributed by atoms with Crippen molar-refractivity contribution in [1.82, 2.24) is 4.72 Å². The number of anilines is 1. The molecule has 0 atom stereocenters. The molecule has 0 radical (unpaired) electrons. The summed E-state index contributed by atoms with van der Waals surface area (Å²) in [4.78, 5) is 21.6. The number of nitrogens with zero attached hydrogens (tertiary/aromatic N) is 1. The second-order valence-electron chi connectivity index (χ2n) is 5.92. The molecule has 0 fully saturated rings. The number of nitro benzene ring substituents is 1. The molecule has 0 aliphatic rings. The highest BCUT2D eigenvalue weighted by atomic mass is 32.2.